The molecule has 1 atom stereocenters. The Morgan fingerprint density at radius 3 is 2.54 bits per heavy atom. The summed E-state index contributed by atoms with van der Waals surface area (Å²) in [5.41, 5.74) is 0.982. The number of ether oxygens (including phenoxy) is 1. The number of pyridine rings is 1. The van der Waals surface area contributed by atoms with Crippen molar-refractivity contribution in [3.63, 3.8) is 0 Å². The molecular weight excluding hydrogens is 462 g/mol. The summed E-state index contributed by atoms with van der Waals surface area (Å²) in [5, 5.41) is 1.91. The summed E-state index contributed by atoms with van der Waals surface area (Å²) in [6.45, 7) is 2.47. The third-order valence-electron chi connectivity index (χ3n) is 7.02. The van der Waals surface area contributed by atoms with Crippen molar-refractivity contribution >= 4 is 26.7 Å². The molecule has 7 nitrogen and oxygen atoms in total. The van der Waals surface area contributed by atoms with Crippen molar-refractivity contribution in [3.8, 4) is 0 Å². The monoisotopic (exact) mass is 493 g/mol. The Hall–Kier alpha value is -2.81. The molecule has 2 fully saturated rings. The van der Waals surface area contributed by atoms with Crippen LogP contribution in [0, 0.1) is 5.92 Å². The first-order valence-corrected chi connectivity index (χ1v) is 13.7. The van der Waals surface area contributed by atoms with E-state index < -0.39 is 10.0 Å². The lowest BCUT2D eigenvalue weighted by Crippen LogP contribution is -2.45. The lowest BCUT2D eigenvalue weighted by molar-refractivity contribution is -0.139. The molecule has 5 rings (SSSR count). The van der Waals surface area contributed by atoms with Gasteiger partial charge in [-0.2, -0.15) is 4.31 Å². The average molecular weight is 494 g/mol. The van der Waals surface area contributed by atoms with Crippen molar-refractivity contribution in [1.29, 1.82) is 0 Å². The van der Waals surface area contributed by atoms with E-state index in [1.165, 1.54) is 4.31 Å². The van der Waals surface area contributed by atoms with Crippen molar-refractivity contribution in [2.75, 3.05) is 26.2 Å². The van der Waals surface area contributed by atoms with Crippen LogP contribution in [0.3, 0.4) is 0 Å². The molecule has 0 N–H and O–H groups in total. The third-order valence-corrected chi connectivity index (χ3v) is 8.91. The van der Waals surface area contributed by atoms with Gasteiger partial charge in [-0.05, 0) is 60.2 Å². The number of nitrogens with zero attached hydrogens (tertiary/aromatic N) is 3. The fraction of sp³-hybridized carbons (Fsp3) is 0.407. The highest BCUT2D eigenvalue weighted by molar-refractivity contribution is 7.89. The largest absolute Gasteiger partial charge is 0.376 e. The van der Waals surface area contributed by atoms with Crippen LogP contribution < -0.4 is 0 Å². The molecule has 0 saturated carbocycles. The topological polar surface area (TPSA) is 79.8 Å². The van der Waals surface area contributed by atoms with E-state index in [9.17, 15) is 13.2 Å². The van der Waals surface area contributed by atoms with Gasteiger partial charge in [0.2, 0.25) is 15.9 Å². The first-order valence-electron chi connectivity index (χ1n) is 12.3. The minimum absolute atomic E-state index is 0.0593. The Balaban J connectivity index is 1.26. The van der Waals surface area contributed by atoms with E-state index in [1.54, 1.807) is 24.5 Å². The van der Waals surface area contributed by atoms with E-state index in [4.69, 9.17) is 4.74 Å². The molecular formula is C27H31N3O4S. The first-order chi connectivity index (χ1) is 17.0. The van der Waals surface area contributed by atoms with Crippen LogP contribution in [0.2, 0.25) is 0 Å². The number of rotatable bonds is 7. The second kappa shape index (κ2) is 10.4. The number of sulfonamides is 1. The third kappa shape index (κ3) is 5.39. The quantitative estimate of drug-likeness (QED) is 0.500. The van der Waals surface area contributed by atoms with Crippen molar-refractivity contribution in [3.05, 3.63) is 72.6 Å². The minimum Gasteiger partial charge on any atom is -0.376 e. The number of carbonyl (C=O) groups is 1. The number of piperidine rings is 1. The summed E-state index contributed by atoms with van der Waals surface area (Å²) in [4.78, 5) is 19.9. The van der Waals surface area contributed by atoms with Crippen LogP contribution in [0.4, 0.5) is 0 Å². The number of fused-ring (bicyclic) bond motifs is 1. The van der Waals surface area contributed by atoms with Gasteiger partial charge in [-0.25, -0.2) is 8.42 Å². The molecule has 8 heteroatoms. The normalized spacial score (nSPS) is 19.7. The number of hydrogen-bond acceptors (Lipinski definition) is 5. The fourth-order valence-corrected chi connectivity index (χ4v) is 6.56. The van der Waals surface area contributed by atoms with Crippen LogP contribution in [-0.4, -0.2) is 60.9 Å². The Bertz CT molecular complexity index is 1270. The molecule has 2 aliphatic heterocycles. The van der Waals surface area contributed by atoms with Gasteiger partial charge in [0.05, 0.1) is 11.0 Å². The highest BCUT2D eigenvalue weighted by Gasteiger charge is 2.35. The predicted octanol–water partition coefficient (Wildman–Crippen LogP) is 3.84. The SMILES string of the molecule is O=C(C1CCN(S(=O)(=O)c2ccc3ccccc3c2)CC1)N(Cc1cccnc1)CC1CCCO1. The van der Waals surface area contributed by atoms with E-state index >= 15 is 0 Å². The molecule has 0 aliphatic carbocycles. The molecule has 35 heavy (non-hydrogen) atoms. The van der Waals surface area contributed by atoms with E-state index in [0.717, 1.165) is 35.8 Å². The molecule has 2 saturated heterocycles. The molecule has 1 aromatic heterocycles. The second-order valence-electron chi connectivity index (χ2n) is 9.40. The van der Waals surface area contributed by atoms with Gasteiger partial charge in [-0.15, -0.1) is 0 Å². The van der Waals surface area contributed by atoms with Crippen LogP contribution in [-0.2, 0) is 26.1 Å². The molecule has 3 heterocycles. The van der Waals surface area contributed by atoms with Crippen molar-refractivity contribution < 1.29 is 17.9 Å². The lowest BCUT2D eigenvalue weighted by atomic mass is 9.96. The van der Waals surface area contributed by atoms with Gasteiger partial charge in [-0.3, -0.25) is 9.78 Å². The van der Waals surface area contributed by atoms with Crippen LogP contribution in [0.15, 0.2) is 71.9 Å². The van der Waals surface area contributed by atoms with Crippen LogP contribution >= 0.6 is 0 Å². The van der Waals surface area contributed by atoms with Crippen LogP contribution in [0.25, 0.3) is 10.8 Å². The van der Waals surface area contributed by atoms with Crippen LogP contribution in [0.1, 0.15) is 31.2 Å². The number of hydrogen-bond donors (Lipinski definition) is 0. The molecule has 184 valence electrons. The smallest absolute Gasteiger partial charge is 0.243 e. The van der Waals surface area contributed by atoms with Gasteiger partial charge < -0.3 is 9.64 Å². The number of amides is 1. The van der Waals surface area contributed by atoms with Gasteiger partial charge in [-0.1, -0.05) is 36.4 Å². The maximum absolute atomic E-state index is 13.5. The molecule has 1 amide bonds. The standard InChI is InChI=1S/C27H31N3O4S/c31-27(29(20-25-8-4-16-34-25)19-21-5-3-13-28-18-21)23-11-14-30(15-12-23)35(32,33)26-10-9-22-6-1-2-7-24(22)17-26/h1-3,5-7,9-10,13,17-18,23,25H,4,8,11-12,14-16,19-20H2. The summed E-state index contributed by atoms with van der Waals surface area (Å²) in [5.74, 6) is -0.122. The molecule has 2 aromatic carbocycles. The van der Waals surface area contributed by atoms with E-state index in [-0.39, 0.29) is 17.9 Å². The summed E-state index contributed by atoms with van der Waals surface area (Å²) in [7, 11) is -3.61. The second-order valence-corrected chi connectivity index (χ2v) is 11.3. The molecule has 0 spiro atoms. The van der Waals surface area contributed by atoms with Crippen molar-refractivity contribution in [1.82, 2.24) is 14.2 Å². The predicted molar refractivity (Wildman–Crippen MR) is 134 cm³/mol. The van der Waals surface area contributed by atoms with E-state index in [1.807, 2.05) is 47.4 Å². The maximum Gasteiger partial charge on any atom is 0.243 e. The van der Waals surface area contributed by atoms with Crippen molar-refractivity contribution in [2.24, 2.45) is 5.92 Å². The van der Waals surface area contributed by atoms with E-state index in [0.29, 0.717) is 43.9 Å². The van der Waals surface area contributed by atoms with Crippen LogP contribution in [0.5, 0.6) is 0 Å². The summed E-state index contributed by atoms with van der Waals surface area (Å²) in [6.07, 6.45) is 6.57. The number of carbonyl (C=O) groups excluding carboxylic acids is 1. The number of aromatic nitrogens is 1. The lowest BCUT2D eigenvalue weighted by Gasteiger charge is -2.34. The van der Waals surface area contributed by atoms with Gasteiger partial charge in [0.25, 0.3) is 0 Å². The average Bonchev–Trinajstić information content (AvgIpc) is 3.41. The Labute approximate surface area is 206 Å². The fourth-order valence-electron chi connectivity index (χ4n) is 5.06. The van der Waals surface area contributed by atoms with Crippen molar-refractivity contribution in [2.45, 2.75) is 43.2 Å². The molecule has 0 radical (unpaired) electrons. The Morgan fingerprint density at radius 2 is 1.83 bits per heavy atom. The summed E-state index contributed by atoms with van der Waals surface area (Å²) in [6, 6.07) is 16.8. The van der Waals surface area contributed by atoms with Gasteiger partial charge in [0.15, 0.2) is 0 Å². The highest BCUT2D eigenvalue weighted by Crippen LogP contribution is 2.28. The Kier molecular flexibility index (Phi) is 7.13. The van der Waals surface area contributed by atoms with E-state index in [2.05, 4.69) is 4.98 Å². The number of benzene rings is 2. The zero-order chi connectivity index (χ0) is 24.3. The maximum atomic E-state index is 13.5. The molecule has 1 unspecified atom stereocenters. The zero-order valence-corrected chi connectivity index (χ0v) is 20.6. The van der Waals surface area contributed by atoms with Gasteiger partial charge in [0, 0.05) is 51.1 Å². The minimum atomic E-state index is -3.61. The highest BCUT2D eigenvalue weighted by atomic mass is 32.2. The summed E-state index contributed by atoms with van der Waals surface area (Å²) < 4.78 is 34.0. The molecule has 3 aromatic rings. The van der Waals surface area contributed by atoms with Gasteiger partial charge >= 0.3 is 0 Å². The van der Waals surface area contributed by atoms with Gasteiger partial charge in [0.1, 0.15) is 0 Å². The summed E-state index contributed by atoms with van der Waals surface area (Å²) >= 11 is 0. The zero-order valence-electron chi connectivity index (χ0n) is 19.8. The molecule has 0 bridgehead atoms. The molecule has 2 aliphatic rings. The first kappa shape index (κ1) is 23.9. The Morgan fingerprint density at radius 1 is 1.03 bits per heavy atom.